The molecule has 0 aromatic heterocycles. The molecule has 200 valence electrons. The fourth-order valence-corrected chi connectivity index (χ4v) is 3.73. The number of hydrogen-bond acceptors (Lipinski definition) is 7. The normalized spacial score (nSPS) is 18.2. The number of nitrogens with one attached hydrogen (secondary N) is 3. The number of primary amides is 1. The summed E-state index contributed by atoms with van der Waals surface area (Å²) in [5.41, 5.74) is 6.17. The van der Waals surface area contributed by atoms with Crippen molar-refractivity contribution in [3.05, 3.63) is 29.8 Å². The summed E-state index contributed by atoms with van der Waals surface area (Å²) >= 11 is 0. The van der Waals surface area contributed by atoms with Crippen LogP contribution in [0.4, 0.5) is 0 Å². The number of unbranched alkanes of at least 4 members (excludes halogenated alkanes) is 3. The molecule has 0 aliphatic carbocycles. The standard InChI is InChI=1S/C25H38N4O7/c1-15(2)13-19(23(33)28-18(22(26)32)14-16-7-9-17(31)10-8-16)29-25(35)21-20(36-21)24(34)27-11-5-3-4-6-12-30/h7-10,15,18-21,30-31H,3-6,11-14H2,1-2H3,(H2,26,32)(H,27,34)(H,28,33)(H,29,35)/t18-,19-,20?,21?/m0/s1. The van der Waals surface area contributed by atoms with E-state index in [9.17, 15) is 24.3 Å². The number of carbonyl (C=O) groups excluding carboxylic acids is 4. The van der Waals surface area contributed by atoms with Crippen LogP contribution in [0.15, 0.2) is 24.3 Å². The monoisotopic (exact) mass is 506 g/mol. The number of rotatable bonds is 16. The quantitative estimate of drug-likeness (QED) is 0.133. The Morgan fingerprint density at radius 2 is 1.58 bits per heavy atom. The van der Waals surface area contributed by atoms with Crippen molar-refractivity contribution in [1.29, 1.82) is 0 Å². The van der Waals surface area contributed by atoms with E-state index in [0.29, 0.717) is 18.5 Å². The third-order valence-corrected chi connectivity index (χ3v) is 5.77. The van der Waals surface area contributed by atoms with Gasteiger partial charge in [-0.05, 0) is 42.9 Å². The Morgan fingerprint density at radius 1 is 0.944 bits per heavy atom. The average molecular weight is 507 g/mol. The highest BCUT2D eigenvalue weighted by molar-refractivity contribution is 5.97. The van der Waals surface area contributed by atoms with Gasteiger partial charge in [0.25, 0.3) is 11.8 Å². The molecule has 1 fully saturated rings. The minimum absolute atomic E-state index is 0.0511. The predicted molar refractivity (Wildman–Crippen MR) is 132 cm³/mol. The van der Waals surface area contributed by atoms with Crippen LogP contribution in [-0.2, 0) is 30.3 Å². The van der Waals surface area contributed by atoms with E-state index in [1.54, 1.807) is 12.1 Å². The second-order valence-electron chi connectivity index (χ2n) is 9.43. The van der Waals surface area contributed by atoms with Crippen molar-refractivity contribution in [2.45, 2.75) is 76.7 Å². The van der Waals surface area contributed by atoms with E-state index in [2.05, 4.69) is 16.0 Å². The molecule has 36 heavy (non-hydrogen) atoms. The molecule has 1 heterocycles. The number of hydrogen-bond donors (Lipinski definition) is 6. The van der Waals surface area contributed by atoms with Gasteiger partial charge in [-0.15, -0.1) is 0 Å². The fourth-order valence-electron chi connectivity index (χ4n) is 3.73. The molecule has 1 aliphatic rings. The lowest BCUT2D eigenvalue weighted by molar-refractivity contribution is -0.132. The van der Waals surface area contributed by atoms with Crippen molar-refractivity contribution < 1.29 is 34.1 Å². The van der Waals surface area contributed by atoms with Gasteiger partial charge in [-0.3, -0.25) is 19.2 Å². The summed E-state index contributed by atoms with van der Waals surface area (Å²) < 4.78 is 5.25. The third kappa shape index (κ3) is 9.82. The minimum Gasteiger partial charge on any atom is -0.508 e. The highest BCUT2D eigenvalue weighted by atomic mass is 16.6. The van der Waals surface area contributed by atoms with Gasteiger partial charge in [0.1, 0.15) is 17.8 Å². The zero-order chi connectivity index (χ0) is 26.7. The largest absolute Gasteiger partial charge is 0.508 e. The van der Waals surface area contributed by atoms with Crippen LogP contribution in [0.5, 0.6) is 5.75 Å². The SMILES string of the molecule is CC(C)C[C@H](NC(=O)C1OC1C(=O)NCCCCCCO)C(=O)N[C@@H](Cc1ccc(O)cc1)C(N)=O. The number of aliphatic hydroxyl groups excluding tert-OH is 1. The average Bonchev–Trinajstić information content (AvgIpc) is 3.62. The van der Waals surface area contributed by atoms with Gasteiger partial charge in [-0.25, -0.2) is 0 Å². The van der Waals surface area contributed by atoms with Crippen LogP contribution in [0, 0.1) is 5.92 Å². The van der Waals surface area contributed by atoms with Gasteiger partial charge in [0.15, 0.2) is 12.2 Å². The van der Waals surface area contributed by atoms with Crippen LogP contribution in [0.3, 0.4) is 0 Å². The molecule has 0 spiro atoms. The van der Waals surface area contributed by atoms with Crippen molar-refractivity contribution in [1.82, 2.24) is 16.0 Å². The van der Waals surface area contributed by atoms with Crippen LogP contribution in [0.2, 0.25) is 0 Å². The summed E-state index contributed by atoms with van der Waals surface area (Å²) in [6.07, 6.45) is 1.78. The number of nitrogens with two attached hydrogens (primary N) is 1. The molecule has 1 aromatic rings. The highest BCUT2D eigenvalue weighted by Crippen LogP contribution is 2.23. The molecule has 11 heteroatoms. The lowest BCUT2D eigenvalue weighted by atomic mass is 10.0. The van der Waals surface area contributed by atoms with E-state index >= 15 is 0 Å². The summed E-state index contributed by atoms with van der Waals surface area (Å²) in [5.74, 6) is -2.13. The van der Waals surface area contributed by atoms with E-state index < -0.39 is 42.0 Å². The molecule has 4 atom stereocenters. The third-order valence-electron chi connectivity index (χ3n) is 5.77. The van der Waals surface area contributed by atoms with Crippen molar-refractivity contribution >= 4 is 23.6 Å². The Labute approximate surface area is 211 Å². The number of ether oxygens (including phenoxy) is 1. The number of epoxide rings is 1. The van der Waals surface area contributed by atoms with Crippen molar-refractivity contribution in [2.75, 3.05) is 13.2 Å². The summed E-state index contributed by atoms with van der Waals surface area (Å²) in [7, 11) is 0. The lowest BCUT2D eigenvalue weighted by Gasteiger charge is -2.23. The van der Waals surface area contributed by atoms with E-state index in [4.69, 9.17) is 15.6 Å². The molecule has 4 amide bonds. The van der Waals surface area contributed by atoms with Crippen LogP contribution in [0.1, 0.15) is 51.5 Å². The van der Waals surface area contributed by atoms with Crippen LogP contribution in [0.25, 0.3) is 0 Å². The molecule has 1 aliphatic heterocycles. The maximum atomic E-state index is 13.0. The smallest absolute Gasteiger partial charge is 0.253 e. The minimum atomic E-state index is -1.01. The van der Waals surface area contributed by atoms with Crippen molar-refractivity contribution in [3.63, 3.8) is 0 Å². The zero-order valence-corrected chi connectivity index (χ0v) is 20.9. The van der Waals surface area contributed by atoms with Crippen LogP contribution >= 0.6 is 0 Å². The number of phenolic OH excluding ortho intramolecular Hbond substituents is 1. The van der Waals surface area contributed by atoms with Crippen molar-refractivity contribution in [2.24, 2.45) is 11.7 Å². The topological polar surface area (TPSA) is 183 Å². The van der Waals surface area contributed by atoms with Crippen LogP contribution in [-0.4, -0.2) is 71.3 Å². The van der Waals surface area contributed by atoms with Gasteiger partial charge >= 0.3 is 0 Å². The summed E-state index contributed by atoms with van der Waals surface area (Å²) in [5, 5.41) is 26.2. The first kappa shape index (κ1) is 29.1. The van der Waals surface area contributed by atoms with Gasteiger partial charge in [0, 0.05) is 19.6 Å². The first-order valence-corrected chi connectivity index (χ1v) is 12.3. The Morgan fingerprint density at radius 3 is 2.19 bits per heavy atom. The molecule has 11 nitrogen and oxygen atoms in total. The maximum Gasteiger partial charge on any atom is 0.253 e. The van der Waals surface area contributed by atoms with Gasteiger partial charge in [-0.1, -0.05) is 38.8 Å². The molecule has 1 aromatic carbocycles. The van der Waals surface area contributed by atoms with E-state index in [0.717, 1.165) is 25.7 Å². The first-order valence-electron chi connectivity index (χ1n) is 12.3. The summed E-state index contributed by atoms with van der Waals surface area (Å²) in [6, 6.07) is 4.22. The van der Waals surface area contributed by atoms with E-state index in [1.165, 1.54) is 12.1 Å². The fraction of sp³-hybridized carbons (Fsp3) is 0.600. The number of aromatic hydroxyl groups is 1. The number of phenols is 1. The maximum absolute atomic E-state index is 13.0. The Bertz CT molecular complexity index is 891. The summed E-state index contributed by atoms with van der Waals surface area (Å²) in [4.78, 5) is 49.8. The number of carbonyl (C=O) groups is 4. The van der Waals surface area contributed by atoms with Gasteiger partial charge in [0.2, 0.25) is 11.8 Å². The molecule has 0 bridgehead atoms. The number of aliphatic hydroxyl groups is 1. The molecule has 0 saturated carbocycles. The second kappa shape index (κ2) is 14.4. The molecule has 0 radical (unpaired) electrons. The second-order valence-corrected chi connectivity index (χ2v) is 9.43. The van der Waals surface area contributed by atoms with Crippen LogP contribution < -0.4 is 21.7 Å². The molecular weight excluding hydrogens is 468 g/mol. The molecular formula is C25H38N4O7. The number of amides is 4. The van der Waals surface area contributed by atoms with Gasteiger partial charge in [0.05, 0.1) is 0 Å². The van der Waals surface area contributed by atoms with E-state index in [1.807, 2.05) is 13.8 Å². The Hall–Kier alpha value is -3.18. The molecule has 1 saturated heterocycles. The summed E-state index contributed by atoms with van der Waals surface area (Å²) in [6.45, 7) is 4.38. The number of benzene rings is 1. The first-order chi connectivity index (χ1) is 17.1. The van der Waals surface area contributed by atoms with Crippen molar-refractivity contribution in [3.8, 4) is 5.75 Å². The lowest BCUT2D eigenvalue weighted by Crippen LogP contribution is -2.54. The zero-order valence-electron chi connectivity index (χ0n) is 20.9. The predicted octanol–water partition coefficient (Wildman–Crippen LogP) is -0.128. The van der Waals surface area contributed by atoms with Gasteiger partial charge < -0.3 is 36.6 Å². The van der Waals surface area contributed by atoms with E-state index in [-0.39, 0.29) is 30.6 Å². The Kier molecular flexibility index (Phi) is 11.6. The Balaban J connectivity index is 1.89. The van der Waals surface area contributed by atoms with Gasteiger partial charge in [-0.2, -0.15) is 0 Å². The molecule has 2 unspecified atom stereocenters. The molecule has 7 N–H and O–H groups in total. The highest BCUT2D eigenvalue weighted by Gasteiger charge is 2.50. The molecule has 2 rings (SSSR count).